The molecule has 0 aromatic heterocycles. The van der Waals surface area contributed by atoms with Crippen LogP contribution in [0.4, 0.5) is 34.1 Å². The van der Waals surface area contributed by atoms with E-state index < -0.39 is 6.29 Å². The number of nitrogens with one attached hydrogen (secondary N) is 3. The van der Waals surface area contributed by atoms with E-state index in [1.165, 1.54) is 6.42 Å². The molecule has 9 heteroatoms. The number of hydrazine groups is 2. The summed E-state index contributed by atoms with van der Waals surface area (Å²) >= 11 is 0. The number of benzene rings is 3. The molecule has 8 bridgehead atoms. The Labute approximate surface area is 307 Å². The molecule has 51 heavy (non-hydrogen) atoms. The number of fused-ring (bicyclic) bond motifs is 4. The average molecular weight is 693 g/mol. The highest BCUT2D eigenvalue weighted by atomic mass is 15.8. The number of anilines is 5. The van der Waals surface area contributed by atoms with Crippen molar-refractivity contribution in [1.82, 2.24) is 15.3 Å². The third kappa shape index (κ3) is 8.68. The molecule has 9 nitrogen and oxygen atoms in total. The van der Waals surface area contributed by atoms with E-state index >= 15 is 0 Å². The standard InChI is InChI=1S/C42H62N9/c1-28(2)10-13-31(7)43-34-16-18-35(19-17-34)44-40-46-41-48(32(8)14-11-29(3)4)38-24-20-36(21-25-38)45-42-49(40)47-37-22-26-39(27-23-37)50(51(41)42)33(9)15-12-30(5)6/h16-33,40,42,44-45,47H,10-15H2,1-9H3. The predicted octanol–water partition coefficient (Wildman–Crippen LogP) is 10.0. The van der Waals surface area contributed by atoms with Crippen LogP contribution < -0.4 is 31.3 Å². The lowest BCUT2D eigenvalue weighted by molar-refractivity contribution is 0.0733. The highest BCUT2D eigenvalue weighted by molar-refractivity contribution is 5.99. The van der Waals surface area contributed by atoms with Crippen molar-refractivity contribution in [2.45, 2.75) is 132 Å². The van der Waals surface area contributed by atoms with E-state index in [1.807, 2.05) is 0 Å². The van der Waals surface area contributed by atoms with E-state index in [1.54, 1.807) is 0 Å². The zero-order chi connectivity index (χ0) is 36.2. The SMILES string of the molecule is CC(C)CCC(C)[N]c1ccc(NC2N=C3N(C(C)CCC(C)C)c4ccc(cc4)NC4N2Nc2ccc(cc2)N(C(C)CCC(C)C)N34)cc1. The van der Waals surface area contributed by atoms with Crippen LogP contribution in [0.2, 0.25) is 0 Å². The smallest absolute Gasteiger partial charge is 0.227 e. The molecule has 3 N–H and O–H groups in total. The fourth-order valence-corrected chi connectivity index (χ4v) is 7.28. The van der Waals surface area contributed by atoms with Crippen LogP contribution in [0.5, 0.6) is 0 Å². The first-order chi connectivity index (χ1) is 24.5. The van der Waals surface area contributed by atoms with Crippen molar-refractivity contribution in [2.75, 3.05) is 26.0 Å². The average Bonchev–Trinajstić information content (AvgIpc) is 3.22. The van der Waals surface area contributed by atoms with Crippen LogP contribution in [0.25, 0.3) is 0 Å². The molecule has 0 fully saturated rings. The highest BCUT2D eigenvalue weighted by Crippen LogP contribution is 2.38. The van der Waals surface area contributed by atoms with Gasteiger partial charge in [-0.1, -0.05) is 41.5 Å². The van der Waals surface area contributed by atoms with Gasteiger partial charge < -0.3 is 21.0 Å². The Kier molecular flexibility index (Phi) is 11.5. The molecular formula is C42H62N9. The second-order valence-electron chi connectivity index (χ2n) is 16.3. The van der Waals surface area contributed by atoms with Crippen LogP contribution in [0.3, 0.4) is 0 Å². The topological polar surface area (TPSA) is 75.5 Å². The van der Waals surface area contributed by atoms with E-state index in [4.69, 9.17) is 10.3 Å². The quantitative estimate of drug-likeness (QED) is 0.146. The normalized spacial score (nSPS) is 21.1. The first-order valence-corrected chi connectivity index (χ1v) is 19.5. The molecule has 0 saturated heterocycles. The summed E-state index contributed by atoms with van der Waals surface area (Å²) in [5.41, 5.74) is 10.2. The fourth-order valence-electron chi connectivity index (χ4n) is 7.28. The molecule has 3 aromatic rings. The number of hydrogen-bond acceptors (Lipinski definition) is 8. The number of nitrogens with zero attached hydrogens (tertiary/aromatic N) is 6. The van der Waals surface area contributed by atoms with Gasteiger partial charge in [0.15, 0.2) is 12.6 Å². The minimum absolute atomic E-state index is 0.219. The molecule has 5 aliphatic heterocycles. The molecule has 6 unspecified atom stereocenters. The molecule has 0 spiro atoms. The van der Waals surface area contributed by atoms with Gasteiger partial charge in [-0.3, -0.25) is 10.3 Å². The van der Waals surface area contributed by atoms with Crippen molar-refractivity contribution < 1.29 is 0 Å². The van der Waals surface area contributed by atoms with Crippen LogP contribution in [-0.2, 0) is 0 Å². The van der Waals surface area contributed by atoms with Crippen molar-refractivity contribution in [2.24, 2.45) is 22.7 Å². The number of guanidine groups is 1. The first-order valence-electron chi connectivity index (χ1n) is 19.5. The van der Waals surface area contributed by atoms with E-state index in [-0.39, 0.29) is 18.4 Å². The van der Waals surface area contributed by atoms with Crippen LogP contribution in [0, 0.1) is 17.8 Å². The molecule has 6 atom stereocenters. The molecule has 5 heterocycles. The Hall–Kier alpha value is -4.11. The van der Waals surface area contributed by atoms with Gasteiger partial charge in [0.1, 0.15) is 0 Å². The summed E-state index contributed by atoms with van der Waals surface area (Å²) in [4.78, 5) is 8.17. The zero-order valence-electron chi connectivity index (χ0n) is 32.5. The number of aliphatic imine (C=N–C) groups is 1. The molecule has 1 radical (unpaired) electrons. The van der Waals surface area contributed by atoms with Gasteiger partial charge in [0.2, 0.25) is 5.96 Å². The molecule has 8 rings (SSSR count). The monoisotopic (exact) mass is 693 g/mol. The number of hydrogen-bond donors (Lipinski definition) is 3. The Morgan fingerprint density at radius 3 is 1.84 bits per heavy atom. The van der Waals surface area contributed by atoms with Gasteiger partial charge in [-0.05, 0) is 150 Å². The molecule has 3 aromatic carbocycles. The van der Waals surface area contributed by atoms with Gasteiger partial charge in [-0.15, -0.1) is 5.01 Å². The van der Waals surface area contributed by atoms with Crippen LogP contribution >= 0.6 is 0 Å². The molecule has 0 aliphatic carbocycles. The fraction of sp³-hybridized carbons (Fsp3) is 0.548. The third-order valence-corrected chi connectivity index (χ3v) is 10.4. The number of rotatable bonds is 15. The van der Waals surface area contributed by atoms with Gasteiger partial charge in [-0.2, -0.15) is 0 Å². The summed E-state index contributed by atoms with van der Waals surface area (Å²) in [5.74, 6) is 2.86. The maximum absolute atomic E-state index is 5.69. The molecular weight excluding hydrogens is 631 g/mol. The Morgan fingerprint density at radius 2 is 1.22 bits per heavy atom. The summed E-state index contributed by atoms with van der Waals surface area (Å²) in [6.07, 6.45) is 5.96. The maximum Gasteiger partial charge on any atom is 0.227 e. The molecule has 5 aliphatic rings. The zero-order valence-corrected chi connectivity index (χ0v) is 32.5. The molecule has 0 saturated carbocycles. The second-order valence-corrected chi connectivity index (χ2v) is 16.3. The summed E-state index contributed by atoms with van der Waals surface area (Å²) in [6.45, 7) is 20.8. The van der Waals surface area contributed by atoms with E-state index in [2.05, 4.69) is 171 Å². The van der Waals surface area contributed by atoms with E-state index in [9.17, 15) is 0 Å². The summed E-state index contributed by atoms with van der Waals surface area (Å²) in [5, 5.41) is 19.9. The summed E-state index contributed by atoms with van der Waals surface area (Å²) in [6, 6.07) is 27.0. The lowest BCUT2D eigenvalue weighted by Crippen LogP contribution is -2.72. The predicted molar refractivity (Wildman–Crippen MR) is 216 cm³/mol. The molecule has 0 amide bonds. The third-order valence-electron chi connectivity index (χ3n) is 10.4. The minimum Gasteiger partial charge on any atom is -0.350 e. The summed E-state index contributed by atoms with van der Waals surface area (Å²) < 4.78 is 0. The largest absolute Gasteiger partial charge is 0.350 e. The van der Waals surface area contributed by atoms with Gasteiger partial charge in [0.25, 0.3) is 0 Å². The minimum atomic E-state index is -0.427. The van der Waals surface area contributed by atoms with Crippen molar-refractivity contribution >= 4 is 40.1 Å². The first kappa shape index (κ1) is 36.7. The lowest BCUT2D eigenvalue weighted by atomic mass is 10.0. The van der Waals surface area contributed by atoms with Gasteiger partial charge >= 0.3 is 0 Å². The van der Waals surface area contributed by atoms with Crippen molar-refractivity contribution in [1.29, 1.82) is 0 Å². The lowest BCUT2D eigenvalue weighted by Gasteiger charge is -2.54. The van der Waals surface area contributed by atoms with E-state index in [0.29, 0.717) is 23.8 Å². The van der Waals surface area contributed by atoms with E-state index in [0.717, 1.165) is 72.2 Å². The Morgan fingerprint density at radius 1 is 0.647 bits per heavy atom. The molecule has 275 valence electrons. The van der Waals surface area contributed by atoms with Crippen molar-refractivity contribution in [3.05, 3.63) is 72.8 Å². The van der Waals surface area contributed by atoms with Crippen LogP contribution in [0.1, 0.15) is 101 Å². The van der Waals surface area contributed by atoms with Gasteiger partial charge in [0.05, 0.1) is 11.4 Å². The summed E-state index contributed by atoms with van der Waals surface area (Å²) in [7, 11) is 0. The van der Waals surface area contributed by atoms with Crippen LogP contribution in [-0.4, -0.2) is 46.7 Å². The van der Waals surface area contributed by atoms with Crippen molar-refractivity contribution in [3.63, 3.8) is 0 Å². The highest BCUT2D eigenvalue weighted by Gasteiger charge is 2.46. The Balaban J connectivity index is 1.43. The van der Waals surface area contributed by atoms with Crippen LogP contribution in [0.15, 0.2) is 77.8 Å². The van der Waals surface area contributed by atoms with Gasteiger partial charge in [0, 0.05) is 40.9 Å². The maximum atomic E-state index is 5.69. The second kappa shape index (κ2) is 16.1. The van der Waals surface area contributed by atoms with Crippen molar-refractivity contribution in [3.8, 4) is 0 Å². The Bertz CT molecular complexity index is 1570. The van der Waals surface area contributed by atoms with Gasteiger partial charge in [-0.25, -0.2) is 10.0 Å².